The minimum absolute atomic E-state index is 0.161. The van der Waals surface area contributed by atoms with Crippen molar-refractivity contribution in [1.82, 2.24) is 9.80 Å². The molecule has 0 spiro atoms. The Balaban J connectivity index is 1.83. The lowest BCUT2D eigenvalue weighted by Crippen LogP contribution is -2.50. The van der Waals surface area contributed by atoms with E-state index in [2.05, 4.69) is 11.9 Å². The molecule has 0 saturated carbocycles. The van der Waals surface area contributed by atoms with Gasteiger partial charge in [0.15, 0.2) is 0 Å². The number of amides is 2. The van der Waals surface area contributed by atoms with Gasteiger partial charge in [-0.3, -0.25) is 4.90 Å². The number of urea groups is 1. The van der Waals surface area contributed by atoms with Crippen molar-refractivity contribution < 1.29 is 4.79 Å². The van der Waals surface area contributed by atoms with Crippen LogP contribution in [-0.2, 0) is 0 Å². The Morgan fingerprint density at radius 1 is 1.12 bits per heavy atom. The molecule has 2 aliphatic rings. The third-order valence-corrected chi connectivity index (χ3v) is 3.62. The zero-order valence-corrected chi connectivity index (χ0v) is 10.0. The molecule has 1 atom stereocenters. The van der Waals surface area contributed by atoms with Crippen LogP contribution in [0.1, 0.15) is 0 Å². The third-order valence-electron chi connectivity index (χ3n) is 3.62. The number of rotatable bonds is 1. The highest BCUT2D eigenvalue weighted by Gasteiger charge is 2.40. The fraction of sp³-hybridized carbons (Fsp3) is 0.462. The average Bonchev–Trinajstić information content (AvgIpc) is 2.67. The summed E-state index contributed by atoms with van der Waals surface area (Å²) in [7, 11) is 2.12. The zero-order valence-electron chi connectivity index (χ0n) is 10.0. The Bertz CT molecular complexity index is 420. The highest BCUT2D eigenvalue weighted by molar-refractivity contribution is 5.94. The van der Waals surface area contributed by atoms with E-state index < -0.39 is 0 Å². The summed E-state index contributed by atoms with van der Waals surface area (Å²) in [5.41, 5.74) is 1.01. The summed E-state index contributed by atoms with van der Waals surface area (Å²) in [4.78, 5) is 18.5. The van der Waals surface area contributed by atoms with Crippen molar-refractivity contribution in [1.29, 1.82) is 0 Å². The van der Waals surface area contributed by atoms with Crippen LogP contribution in [0.25, 0.3) is 0 Å². The lowest BCUT2D eigenvalue weighted by molar-refractivity contribution is 0.139. The van der Waals surface area contributed by atoms with Gasteiger partial charge < -0.3 is 9.80 Å². The molecule has 4 heteroatoms. The Morgan fingerprint density at radius 2 is 1.88 bits per heavy atom. The maximum absolute atomic E-state index is 12.3. The number of nitrogens with zero attached hydrogens (tertiary/aromatic N) is 3. The molecule has 0 aliphatic carbocycles. The van der Waals surface area contributed by atoms with Crippen LogP contribution in [0.4, 0.5) is 10.5 Å². The summed E-state index contributed by atoms with van der Waals surface area (Å²) in [6.07, 6.45) is 0. The smallest absolute Gasteiger partial charge is 0.317 e. The molecule has 0 unspecified atom stereocenters. The van der Waals surface area contributed by atoms with Crippen molar-refractivity contribution in [2.24, 2.45) is 0 Å². The van der Waals surface area contributed by atoms with Crippen molar-refractivity contribution in [3.63, 3.8) is 0 Å². The van der Waals surface area contributed by atoms with E-state index in [1.807, 2.05) is 40.1 Å². The number of carbonyl (C=O) groups is 1. The van der Waals surface area contributed by atoms with Crippen LogP contribution in [0.2, 0.25) is 0 Å². The first-order chi connectivity index (χ1) is 8.25. The van der Waals surface area contributed by atoms with Crippen LogP contribution in [-0.4, -0.2) is 55.1 Å². The number of fused-ring (bicyclic) bond motifs is 1. The van der Waals surface area contributed by atoms with Crippen molar-refractivity contribution in [2.75, 3.05) is 38.1 Å². The quantitative estimate of drug-likeness (QED) is 0.727. The molecule has 90 valence electrons. The molecule has 0 aromatic heterocycles. The molecule has 2 fully saturated rings. The van der Waals surface area contributed by atoms with E-state index in [0.717, 1.165) is 31.9 Å². The Labute approximate surface area is 101 Å². The predicted molar refractivity (Wildman–Crippen MR) is 67.2 cm³/mol. The van der Waals surface area contributed by atoms with Crippen molar-refractivity contribution >= 4 is 11.7 Å². The molecule has 1 aromatic carbocycles. The van der Waals surface area contributed by atoms with E-state index in [-0.39, 0.29) is 6.03 Å². The van der Waals surface area contributed by atoms with Gasteiger partial charge in [0.2, 0.25) is 0 Å². The van der Waals surface area contributed by atoms with E-state index in [9.17, 15) is 4.79 Å². The number of carbonyl (C=O) groups excluding carboxylic acids is 1. The monoisotopic (exact) mass is 231 g/mol. The van der Waals surface area contributed by atoms with Crippen LogP contribution < -0.4 is 4.90 Å². The van der Waals surface area contributed by atoms with Gasteiger partial charge >= 0.3 is 6.03 Å². The average molecular weight is 231 g/mol. The van der Waals surface area contributed by atoms with Crippen LogP contribution in [0.5, 0.6) is 0 Å². The summed E-state index contributed by atoms with van der Waals surface area (Å²) in [5.74, 6) is 0. The van der Waals surface area contributed by atoms with Gasteiger partial charge in [-0.15, -0.1) is 0 Å². The fourth-order valence-electron chi connectivity index (χ4n) is 2.69. The molecule has 17 heavy (non-hydrogen) atoms. The Morgan fingerprint density at radius 3 is 2.65 bits per heavy atom. The minimum Gasteiger partial charge on any atom is -0.317 e. The van der Waals surface area contributed by atoms with Crippen molar-refractivity contribution in [3.05, 3.63) is 30.3 Å². The summed E-state index contributed by atoms with van der Waals surface area (Å²) >= 11 is 0. The lowest BCUT2D eigenvalue weighted by atomic mass is 10.2. The fourth-order valence-corrected chi connectivity index (χ4v) is 2.69. The van der Waals surface area contributed by atoms with Gasteiger partial charge in [0.1, 0.15) is 0 Å². The van der Waals surface area contributed by atoms with Gasteiger partial charge in [-0.1, -0.05) is 18.2 Å². The topological polar surface area (TPSA) is 26.8 Å². The van der Waals surface area contributed by atoms with E-state index in [1.165, 1.54) is 0 Å². The Hall–Kier alpha value is -1.55. The highest BCUT2D eigenvalue weighted by atomic mass is 16.2. The van der Waals surface area contributed by atoms with Gasteiger partial charge in [0.05, 0.1) is 6.04 Å². The van der Waals surface area contributed by atoms with Crippen LogP contribution >= 0.6 is 0 Å². The summed E-state index contributed by atoms with van der Waals surface area (Å²) in [6, 6.07) is 10.4. The zero-order chi connectivity index (χ0) is 11.8. The molecule has 0 N–H and O–H groups in total. The Kier molecular flexibility index (Phi) is 2.52. The van der Waals surface area contributed by atoms with Crippen LogP contribution in [0.15, 0.2) is 30.3 Å². The molecule has 2 aliphatic heterocycles. The third kappa shape index (κ3) is 1.78. The summed E-state index contributed by atoms with van der Waals surface area (Å²) in [6.45, 7) is 3.62. The molecule has 0 bridgehead atoms. The van der Waals surface area contributed by atoms with Gasteiger partial charge in [-0.25, -0.2) is 4.79 Å². The van der Waals surface area contributed by atoms with Crippen molar-refractivity contribution in [3.8, 4) is 0 Å². The van der Waals surface area contributed by atoms with E-state index in [1.54, 1.807) is 0 Å². The second-order valence-corrected chi connectivity index (χ2v) is 4.84. The number of hydrogen-bond donors (Lipinski definition) is 0. The number of likely N-dealkylation sites (N-methyl/N-ethyl adjacent to an activating group) is 1. The van der Waals surface area contributed by atoms with Crippen molar-refractivity contribution in [2.45, 2.75) is 6.04 Å². The van der Waals surface area contributed by atoms with Gasteiger partial charge in [-0.2, -0.15) is 0 Å². The molecule has 4 nitrogen and oxygen atoms in total. The molecule has 0 radical (unpaired) electrons. The highest BCUT2D eigenvalue weighted by Crippen LogP contribution is 2.25. The van der Waals surface area contributed by atoms with E-state index in [0.29, 0.717) is 6.04 Å². The van der Waals surface area contributed by atoms with E-state index >= 15 is 0 Å². The first-order valence-electron chi connectivity index (χ1n) is 6.07. The number of anilines is 1. The number of para-hydroxylation sites is 1. The lowest BCUT2D eigenvalue weighted by Gasteiger charge is -2.33. The summed E-state index contributed by atoms with van der Waals surface area (Å²) in [5, 5.41) is 0. The standard InChI is InChI=1S/C13H17N3O/c1-14-7-8-15-12(9-14)10-16(13(15)17)11-5-3-2-4-6-11/h2-6,12H,7-10H2,1H3/t12-/m1/s1. The molecule has 3 rings (SSSR count). The molecular formula is C13H17N3O. The maximum Gasteiger partial charge on any atom is 0.324 e. The van der Waals surface area contributed by atoms with Crippen LogP contribution in [0.3, 0.4) is 0 Å². The molecule has 2 saturated heterocycles. The molecule has 1 aromatic rings. The van der Waals surface area contributed by atoms with Gasteiger partial charge in [0, 0.05) is 31.9 Å². The second kappa shape index (κ2) is 4.04. The first-order valence-corrected chi connectivity index (χ1v) is 6.07. The summed E-state index contributed by atoms with van der Waals surface area (Å²) < 4.78 is 0. The van der Waals surface area contributed by atoms with Gasteiger partial charge in [0.25, 0.3) is 0 Å². The van der Waals surface area contributed by atoms with Gasteiger partial charge in [-0.05, 0) is 19.2 Å². The normalized spacial score (nSPS) is 25.2. The number of benzene rings is 1. The first kappa shape index (κ1) is 10.6. The maximum atomic E-state index is 12.3. The second-order valence-electron chi connectivity index (χ2n) is 4.84. The van der Waals surface area contributed by atoms with Crippen LogP contribution in [0, 0.1) is 0 Å². The molecule has 2 heterocycles. The largest absolute Gasteiger partial charge is 0.324 e. The minimum atomic E-state index is 0.161. The number of hydrogen-bond acceptors (Lipinski definition) is 2. The number of piperazine rings is 1. The SMILES string of the molecule is CN1CCN2C(=O)N(c3ccccc3)C[C@H]2C1. The molecule has 2 amide bonds. The van der Waals surface area contributed by atoms with E-state index in [4.69, 9.17) is 0 Å². The molecular weight excluding hydrogens is 214 g/mol. The predicted octanol–water partition coefficient (Wildman–Crippen LogP) is 1.24.